The highest BCUT2D eigenvalue weighted by atomic mass is 79.9. The number of amides is 1. The van der Waals surface area contributed by atoms with Crippen molar-refractivity contribution in [2.45, 2.75) is 19.4 Å². The van der Waals surface area contributed by atoms with Crippen LogP contribution in [0.25, 0.3) is 0 Å². The molecule has 0 aliphatic heterocycles. The molecule has 1 fully saturated rings. The first-order valence-electron chi connectivity index (χ1n) is 6.51. The Morgan fingerprint density at radius 1 is 1.47 bits per heavy atom. The lowest BCUT2D eigenvalue weighted by Gasteiger charge is -2.10. The molecule has 4 nitrogen and oxygen atoms in total. The lowest BCUT2D eigenvalue weighted by Crippen LogP contribution is -2.30. The molecule has 1 amide bonds. The fourth-order valence-corrected chi connectivity index (χ4v) is 2.13. The molecular formula is C14H19BrN2O2. The maximum absolute atomic E-state index is 11.6. The predicted molar refractivity (Wildman–Crippen MR) is 78.1 cm³/mol. The Bertz CT molecular complexity index is 447. The fourth-order valence-electron chi connectivity index (χ4n) is 1.75. The number of carbonyl (C=O) groups is 1. The van der Waals surface area contributed by atoms with Crippen molar-refractivity contribution in [3.63, 3.8) is 0 Å². The molecule has 0 saturated heterocycles. The molecule has 1 aromatic carbocycles. The molecule has 0 radical (unpaired) electrons. The highest BCUT2D eigenvalue weighted by Gasteiger charge is 2.21. The van der Waals surface area contributed by atoms with Crippen molar-refractivity contribution in [2.24, 2.45) is 5.92 Å². The van der Waals surface area contributed by atoms with E-state index >= 15 is 0 Å². The molecule has 1 aliphatic carbocycles. The Morgan fingerprint density at radius 3 is 2.95 bits per heavy atom. The van der Waals surface area contributed by atoms with Crippen LogP contribution in [0.15, 0.2) is 22.7 Å². The molecule has 5 heteroatoms. The van der Waals surface area contributed by atoms with Gasteiger partial charge in [-0.15, -0.1) is 0 Å². The van der Waals surface area contributed by atoms with E-state index in [0.717, 1.165) is 28.9 Å². The average Bonchev–Trinajstić information content (AvgIpc) is 3.21. The summed E-state index contributed by atoms with van der Waals surface area (Å²) < 4.78 is 6.54. The van der Waals surface area contributed by atoms with E-state index in [4.69, 9.17) is 4.74 Å². The van der Waals surface area contributed by atoms with Crippen LogP contribution in [-0.2, 0) is 11.3 Å². The highest BCUT2D eigenvalue weighted by molar-refractivity contribution is 9.10. The zero-order chi connectivity index (χ0) is 13.7. The molecule has 1 saturated carbocycles. The number of carbonyl (C=O) groups excluding carboxylic acids is 1. The molecule has 0 unspecified atom stereocenters. The molecule has 104 valence electrons. The smallest absolute Gasteiger partial charge is 0.257 e. The molecule has 0 spiro atoms. The monoisotopic (exact) mass is 326 g/mol. The predicted octanol–water partition coefficient (Wildman–Crippen LogP) is 2.07. The van der Waals surface area contributed by atoms with E-state index in [9.17, 15) is 4.79 Å². The first-order chi connectivity index (χ1) is 9.19. The second-order valence-corrected chi connectivity index (χ2v) is 5.67. The van der Waals surface area contributed by atoms with E-state index in [2.05, 4.69) is 26.6 Å². The third-order valence-electron chi connectivity index (χ3n) is 3.04. The van der Waals surface area contributed by atoms with Crippen LogP contribution in [0.5, 0.6) is 5.75 Å². The van der Waals surface area contributed by atoms with Crippen LogP contribution in [0.4, 0.5) is 0 Å². The summed E-state index contributed by atoms with van der Waals surface area (Å²) in [7, 11) is 1.89. The van der Waals surface area contributed by atoms with E-state index in [1.54, 1.807) is 0 Å². The molecule has 1 aliphatic rings. The van der Waals surface area contributed by atoms with E-state index in [0.29, 0.717) is 5.92 Å². The first-order valence-corrected chi connectivity index (χ1v) is 7.31. The number of hydrogen-bond acceptors (Lipinski definition) is 3. The van der Waals surface area contributed by atoms with Gasteiger partial charge in [-0.05, 0) is 49.6 Å². The van der Waals surface area contributed by atoms with E-state index in [1.807, 2.05) is 25.2 Å². The van der Waals surface area contributed by atoms with Gasteiger partial charge < -0.3 is 15.4 Å². The third-order valence-corrected chi connectivity index (χ3v) is 3.81. The van der Waals surface area contributed by atoms with Gasteiger partial charge in [0.15, 0.2) is 6.61 Å². The van der Waals surface area contributed by atoms with Crippen LogP contribution in [0.3, 0.4) is 0 Å². The number of benzene rings is 1. The van der Waals surface area contributed by atoms with Gasteiger partial charge in [0.1, 0.15) is 5.75 Å². The molecule has 2 rings (SSSR count). The van der Waals surface area contributed by atoms with Gasteiger partial charge in [-0.3, -0.25) is 4.79 Å². The minimum Gasteiger partial charge on any atom is -0.484 e. The molecular weight excluding hydrogens is 308 g/mol. The molecule has 0 aromatic heterocycles. The lowest BCUT2D eigenvalue weighted by atomic mass is 10.2. The van der Waals surface area contributed by atoms with Crippen molar-refractivity contribution in [1.29, 1.82) is 0 Å². The van der Waals surface area contributed by atoms with Gasteiger partial charge in [0.2, 0.25) is 0 Å². The van der Waals surface area contributed by atoms with Gasteiger partial charge in [-0.1, -0.05) is 15.9 Å². The third kappa shape index (κ3) is 4.84. The summed E-state index contributed by atoms with van der Waals surface area (Å²) in [5.74, 6) is 1.36. The largest absolute Gasteiger partial charge is 0.484 e. The summed E-state index contributed by atoms with van der Waals surface area (Å²) in [5.41, 5.74) is 1.11. The summed E-state index contributed by atoms with van der Waals surface area (Å²) in [6.45, 7) is 1.62. The fraction of sp³-hybridized carbons (Fsp3) is 0.500. The van der Waals surface area contributed by atoms with Crippen molar-refractivity contribution in [1.82, 2.24) is 10.6 Å². The summed E-state index contributed by atoms with van der Waals surface area (Å²) in [5, 5.41) is 5.97. The minimum atomic E-state index is -0.0509. The van der Waals surface area contributed by atoms with E-state index < -0.39 is 0 Å². The molecule has 0 bridgehead atoms. The van der Waals surface area contributed by atoms with Gasteiger partial charge in [-0.2, -0.15) is 0 Å². The van der Waals surface area contributed by atoms with Gasteiger partial charge in [-0.25, -0.2) is 0 Å². The summed E-state index contributed by atoms with van der Waals surface area (Å²) in [6.07, 6.45) is 2.47. The number of halogens is 1. The first kappa shape index (κ1) is 14.3. The van der Waals surface area contributed by atoms with Crippen molar-refractivity contribution in [3.8, 4) is 5.75 Å². The molecule has 0 atom stereocenters. The molecule has 19 heavy (non-hydrogen) atoms. The Kier molecular flexibility index (Phi) is 5.22. The standard InChI is InChI=1S/C14H19BrN2O2/c1-16-8-11-6-12(4-5-13(11)15)19-9-14(18)17-7-10-2-3-10/h4-6,10,16H,2-3,7-9H2,1H3,(H,17,18). The van der Waals surface area contributed by atoms with Crippen LogP contribution in [-0.4, -0.2) is 26.1 Å². The van der Waals surface area contributed by atoms with Gasteiger partial charge >= 0.3 is 0 Å². The van der Waals surface area contributed by atoms with Crippen LogP contribution in [0.2, 0.25) is 0 Å². The normalized spacial score (nSPS) is 14.2. The Labute approximate surface area is 122 Å². The zero-order valence-electron chi connectivity index (χ0n) is 11.0. The van der Waals surface area contributed by atoms with Crippen LogP contribution >= 0.6 is 15.9 Å². The Hall–Kier alpha value is -1.07. The summed E-state index contributed by atoms with van der Waals surface area (Å²) in [6, 6.07) is 5.73. The second kappa shape index (κ2) is 6.91. The number of nitrogens with one attached hydrogen (secondary N) is 2. The lowest BCUT2D eigenvalue weighted by molar-refractivity contribution is -0.123. The summed E-state index contributed by atoms with van der Waals surface area (Å²) in [4.78, 5) is 11.6. The second-order valence-electron chi connectivity index (χ2n) is 4.82. The van der Waals surface area contributed by atoms with Crippen LogP contribution in [0, 0.1) is 5.92 Å². The number of ether oxygens (including phenoxy) is 1. The van der Waals surface area contributed by atoms with E-state index in [-0.39, 0.29) is 12.5 Å². The quantitative estimate of drug-likeness (QED) is 0.806. The average molecular weight is 327 g/mol. The van der Waals surface area contributed by atoms with Crippen LogP contribution < -0.4 is 15.4 Å². The maximum atomic E-state index is 11.6. The number of hydrogen-bond donors (Lipinski definition) is 2. The highest BCUT2D eigenvalue weighted by Crippen LogP contribution is 2.27. The Morgan fingerprint density at radius 2 is 2.26 bits per heavy atom. The Balaban J connectivity index is 1.80. The van der Waals surface area contributed by atoms with Gasteiger partial charge in [0.25, 0.3) is 5.91 Å². The molecule has 0 heterocycles. The van der Waals surface area contributed by atoms with Crippen molar-refractivity contribution >= 4 is 21.8 Å². The zero-order valence-corrected chi connectivity index (χ0v) is 12.6. The van der Waals surface area contributed by atoms with E-state index in [1.165, 1.54) is 12.8 Å². The summed E-state index contributed by atoms with van der Waals surface area (Å²) >= 11 is 3.48. The molecule has 1 aromatic rings. The maximum Gasteiger partial charge on any atom is 0.257 e. The SMILES string of the molecule is CNCc1cc(OCC(=O)NCC2CC2)ccc1Br. The molecule has 2 N–H and O–H groups in total. The van der Waals surface area contributed by atoms with Crippen molar-refractivity contribution in [3.05, 3.63) is 28.2 Å². The number of rotatable bonds is 7. The van der Waals surface area contributed by atoms with Gasteiger partial charge in [0, 0.05) is 17.6 Å². The topological polar surface area (TPSA) is 50.4 Å². The van der Waals surface area contributed by atoms with Crippen molar-refractivity contribution in [2.75, 3.05) is 20.2 Å². The van der Waals surface area contributed by atoms with Crippen LogP contribution in [0.1, 0.15) is 18.4 Å². The minimum absolute atomic E-state index is 0.0509. The van der Waals surface area contributed by atoms with Gasteiger partial charge in [0.05, 0.1) is 0 Å². The van der Waals surface area contributed by atoms with Crippen molar-refractivity contribution < 1.29 is 9.53 Å².